The molecule has 4 nitrogen and oxygen atoms in total. The van der Waals surface area contributed by atoms with Crippen LogP contribution in [0.2, 0.25) is 0 Å². The smallest absolute Gasteiger partial charge is 0.141 e. The summed E-state index contributed by atoms with van der Waals surface area (Å²) in [6, 6.07) is 16.0. The van der Waals surface area contributed by atoms with Gasteiger partial charge in [-0.3, -0.25) is 4.98 Å². The number of para-hydroxylation sites is 1. The highest BCUT2D eigenvalue weighted by atomic mass is 16.5. The molecule has 3 aromatic rings. The number of aldehydes is 1. The quantitative estimate of drug-likeness (QED) is 0.743. The molecule has 0 radical (unpaired) electrons. The third-order valence-corrected chi connectivity index (χ3v) is 4.67. The second-order valence-electron chi connectivity index (χ2n) is 6.41. The second-order valence-corrected chi connectivity index (χ2v) is 6.41. The van der Waals surface area contributed by atoms with E-state index in [4.69, 9.17) is 4.74 Å². The fraction of sp³-hybridized carbons (Fsp3) is 0.238. The molecule has 0 amide bonds. The normalized spacial score (nSPS) is 16.4. The lowest BCUT2D eigenvalue weighted by molar-refractivity contribution is -0.109. The van der Waals surface area contributed by atoms with Gasteiger partial charge in [-0.25, -0.2) is 0 Å². The molecule has 1 aliphatic rings. The van der Waals surface area contributed by atoms with Crippen LogP contribution in [-0.4, -0.2) is 17.8 Å². The second kappa shape index (κ2) is 6.65. The van der Waals surface area contributed by atoms with Gasteiger partial charge in [0.1, 0.15) is 18.6 Å². The summed E-state index contributed by atoms with van der Waals surface area (Å²) in [4.78, 5) is 15.7. The van der Waals surface area contributed by atoms with Gasteiger partial charge in [0.15, 0.2) is 0 Å². The number of pyridine rings is 1. The standard InChI is InChI=1S/C21H20N2O2/c1-14-10-16(18-4-2-3-5-20(18)23-14)13-25-17-6-7-19-15(11-17)8-9-22-21(19)12-24/h2-7,10-12,21-22H,8-9,13H2,1H3. The van der Waals surface area contributed by atoms with Gasteiger partial charge in [-0.1, -0.05) is 24.3 Å². The van der Waals surface area contributed by atoms with E-state index in [1.165, 1.54) is 5.56 Å². The molecule has 1 N–H and O–H groups in total. The molecule has 4 heteroatoms. The van der Waals surface area contributed by atoms with Gasteiger partial charge in [-0.05, 0) is 48.7 Å². The van der Waals surface area contributed by atoms with Crippen molar-refractivity contribution in [3.8, 4) is 5.75 Å². The van der Waals surface area contributed by atoms with Crippen LogP contribution in [0.25, 0.3) is 10.9 Å². The van der Waals surface area contributed by atoms with Gasteiger partial charge in [-0.2, -0.15) is 0 Å². The lowest BCUT2D eigenvalue weighted by Gasteiger charge is -2.23. The minimum Gasteiger partial charge on any atom is -0.489 e. The lowest BCUT2D eigenvalue weighted by atomic mass is 9.95. The predicted molar refractivity (Wildman–Crippen MR) is 97.8 cm³/mol. The number of rotatable bonds is 4. The molecule has 1 aliphatic heterocycles. The fourth-order valence-corrected chi connectivity index (χ4v) is 3.46. The Morgan fingerprint density at radius 2 is 2.12 bits per heavy atom. The SMILES string of the molecule is Cc1cc(COc2ccc3c(c2)CCNC3C=O)c2ccccc2n1. The fourth-order valence-electron chi connectivity index (χ4n) is 3.46. The molecule has 0 aliphatic carbocycles. The number of hydrogen-bond acceptors (Lipinski definition) is 4. The van der Waals surface area contributed by atoms with Crippen LogP contribution in [0.5, 0.6) is 5.75 Å². The Balaban J connectivity index is 1.59. The van der Waals surface area contributed by atoms with Crippen molar-refractivity contribution in [3.63, 3.8) is 0 Å². The van der Waals surface area contributed by atoms with Crippen LogP contribution in [-0.2, 0) is 17.8 Å². The lowest BCUT2D eigenvalue weighted by Crippen LogP contribution is -2.30. The average molecular weight is 332 g/mol. The number of carbonyl (C=O) groups is 1. The van der Waals surface area contributed by atoms with E-state index < -0.39 is 0 Å². The minimum absolute atomic E-state index is 0.204. The zero-order valence-electron chi connectivity index (χ0n) is 14.2. The number of benzene rings is 2. The van der Waals surface area contributed by atoms with Crippen LogP contribution in [0.4, 0.5) is 0 Å². The van der Waals surface area contributed by atoms with E-state index in [0.717, 1.165) is 52.7 Å². The van der Waals surface area contributed by atoms with Crippen LogP contribution >= 0.6 is 0 Å². The maximum atomic E-state index is 11.2. The summed E-state index contributed by atoms with van der Waals surface area (Å²) in [5.74, 6) is 0.837. The maximum absolute atomic E-state index is 11.2. The summed E-state index contributed by atoms with van der Waals surface area (Å²) in [5.41, 5.74) is 5.35. The first kappa shape index (κ1) is 15.8. The number of nitrogens with one attached hydrogen (secondary N) is 1. The minimum atomic E-state index is -0.204. The summed E-state index contributed by atoms with van der Waals surface area (Å²) in [7, 11) is 0. The van der Waals surface area contributed by atoms with Crippen molar-refractivity contribution in [3.05, 3.63) is 70.9 Å². The highest BCUT2D eigenvalue weighted by Crippen LogP contribution is 2.27. The summed E-state index contributed by atoms with van der Waals surface area (Å²) in [5, 5.41) is 4.33. The molecule has 1 unspecified atom stereocenters. The Hall–Kier alpha value is -2.72. The molecular formula is C21H20N2O2. The van der Waals surface area contributed by atoms with Gasteiger partial charge in [0, 0.05) is 23.2 Å². The number of nitrogens with zero attached hydrogens (tertiary/aromatic N) is 1. The first-order valence-electron chi connectivity index (χ1n) is 8.54. The average Bonchev–Trinajstić information content (AvgIpc) is 2.65. The number of hydrogen-bond donors (Lipinski definition) is 1. The number of fused-ring (bicyclic) bond motifs is 2. The van der Waals surface area contributed by atoms with Crippen LogP contribution < -0.4 is 10.1 Å². The Labute approximate surface area is 146 Å². The number of ether oxygens (including phenoxy) is 1. The molecule has 0 bridgehead atoms. The Morgan fingerprint density at radius 3 is 3.00 bits per heavy atom. The van der Waals surface area contributed by atoms with Gasteiger partial charge in [-0.15, -0.1) is 0 Å². The molecule has 2 heterocycles. The molecule has 2 aromatic carbocycles. The van der Waals surface area contributed by atoms with Crippen LogP contribution in [0, 0.1) is 6.92 Å². The van der Waals surface area contributed by atoms with Crippen molar-refractivity contribution in [1.29, 1.82) is 0 Å². The zero-order valence-corrected chi connectivity index (χ0v) is 14.2. The van der Waals surface area contributed by atoms with Crippen molar-refractivity contribution in [2.24, 2.45) is 0 Å². The van der Waals surface area contributed by atoms with E-state index in [1.807, 2.05) is 37.3 Å². The molecule has 4 rings (SSSR count). The molecule has 1 aromatic heterocycles. The van der Waals surface area contributed by atoms with Gasteiger partial charge < -0.3 is 14.8 Å². The molecule has 0 spiro atoms. The molecule has 25 heavy (non-hydrogen) atoms. The maximum Gasteiger partial charge on any atom is 0.141 e. The van der Waals surface area contributed by atoms with Crippen molar-refractivity contribution < 1.29 is 9.53 Å². The molecule has 0 saturated heterocycles. The van der Waals surface area contributed by atoms with Crippen molar-refractivity contribution >= 4 is 17.2 Å². The van der Waals surface area contributed by atoms with E-state index in [1.54, 1.807) is 0 Å². The zero-order chi connectivity index (χ0) is 17.2. The first-order chi connectivity index (χ1) is 12.2. The van der Waals surface area contributed by atoms with Crippen molar-refractivity contribution in [1.82, 2.24) is 10.3 Å². The third-order valence-electron chi connectivity index (χ3n) is 4.67. The molecular weight excluding hydrogens is 312 g/mol. The Morgan fingerprint density at radius 1 is 1.24 bits per heavy atom. The van der Waals surface area contributed by atoms with Crippen LogP contribution in [0.1, 0.15) is 28.4 Å². The topological polar surface area (TPSA) is 51.2 Å². The predicted octanol–water partition coefficient (Wildman–Crippen LogP) is 3.51. The first-order valence-corrected chi connectivity index (χ1v) is 8.54. The van der Waals surface area contributed by atoms with Gasteiger partial charge in [0.2, 0.25) is 0 Å². The number of aromatic nitrogens is 1. The Bertz CT molecular complexity index is 936. The van der Waals surface area contributed by atoms with E-state index >= 15 is 0 Å². The summed E-state index contributed by atoms with van der Waals surface area (Å²) in [6.45, 7) is 3.31. The summed E-state index contributed by atoms with van der Waals surface area (Å²) >= 11 is 0. The van der Waals surface area contributed by atoms with Crippen LogP contribution in [0.3, 0.4) is 0 Å². The molecule has 0 saturated carbocycles. The number of carbonyl (C=O) groups excluding carboxylic acids is 1. The van der Waals surface area contributed by atoms with E-state index in [2.05, 4.69) is 28.5 Å². The van der Waals surface area contributed by atoms with E-state index in [-0.39, 0.29) is 6.04 Å². The third kappa shape index (κ3) is 3.13. The van der Waals surface area contributed by atoms with E-state index in [0.29, 0.717) is 6.61 Å². The largest absolute Gasteiger partial charge is 0.489 e. The molecule has 1 atom stereocenters. The van der Waals surface area contributed by atoms with Crippen molar-refractivity contribution in [2.45, 2.75) is 26.0 Å². The monoisotopic (exact) mass is 332 g/mol. The van der Waals surface area contributed by atoms with E-state index in [9.17, 15) is 4.79 Å². The van der Waals surface area contributed by atoms with Crippen LogP contribution in [0.15, 0.2) is 48.5 Å². The Kier molecular flexibility index (Phi) is 4.20. The van der Waals surface area contributed by atoms with Gasteiger partial charge in [0.05, 0.1) is 11.6 Å². The number of aryl methyl sites for hydroxylation is 1. The molecule has 0 fully saturated rings. The van der Waals surface area contributed by atoms with Gasteiger partial charge >= 0.3 is 0 Å². The summed E-state index contributed by atoms with van der Waals surface area (Å²) < 4.78 is 6.05. The van der Waals surface area contributed by atoms with Gasteiger partial charge in [0.25, 0.3) is 0 Å². The highest BCUT2D eigenvalue weighted by Gasteiger charge is 2.19. The summed E-state index contributed by atoms with van der Waals surface area (Å²) in [6.07, 6.45) is 1.87. The molecule has 126 valence electrons. The highest BCUT2D eigenvalue weighted by molar-refractivity contribution is 5.82. The van der Waals surface area contributed by atoms with Crippen molar-refractivity contribution in [2.75, 3.05) is 6.54 Å².